The topological polar surface area (TPSA) is 26.3 Å². The highest BCUT2D eigenvalue weighted by molar-refractivity contribution is 6.00. The number of fused-ring (bicyclic) bond motifs is 5. The molecule has 3 aliphatic carbocycles. The molecule has 0 aromatic heterocycles. The molecule has 2 saturated carbocycles. The highest BCUT2D eigenvalue weighted by Gasteiger charge is 2.53. The maximum Gasteiger partial charge on any atom is 0.164 e. The van der Waals surface area contributed by atoms with E-state index in [0.717, 1.165) is 11.5 Å². The molecule has 0 N–H and O–H groups in total. The van der Waals surface area contributed by atoms with Crippen LogP contribution in [0.5, 0.6) is 0 Å². The lowest BCUT2D eigenvalue weighted by Gasteiger charge is -2.22. The fraction of sp³-hybridized carbons (Fsp3) is 0.500. The minimum Gasteiger partial charge on any atom is -0.372 e. The number of hydrogen-bond donors (Lipinski definition) is 0. The van der Waals surface area contributed by atoms with Gasteiger partial charge in [0.05, 0.1) is 13.2 Å². The third kappa shape index (κ3) is 1.94. The summed E-state index contributed by atoms with van der Waals surface area (Å²) in [6.45, 7) is 1.08. The Labute approximate surface area is 119 Å². The van der Waals surface area contributed by atoms with Gasteiger partial charge in [-0.05, 0) is 42.6 Å². The molecular weight excluding hydrogens is 248 g/mol. The first-order valence-electron chi connectivity index (χ1n) is 7.69. The molecule has 0 amide bonds. The lowest BCUT2D eigenvalue weighted by Crippen LogP contribution is -2.24. The zero-order valence-corrected chi connectivity index (χ0v) is 11.6. The molecule has 0 spiro atoms. The van der Waals surface area contributed by atoms with E-state index in [1.165, 1.54) is 24.8 Å². The summed E-state index contributed by atoms with van der Waals surface area (Å²) in [5, 5.41) is 0. The summed E-state index contributed by atoms with van der Waals surface area (Å²) < 4.78 is 5.74. The second-order valence-corrected chi connectivity index (χ2v) is 6.47. The molecule has 0 saturated heterocycles. The van der Waals surface area contributed by atoms with Crippen molar-refractivity contribution in [3.8, 4) is 0 Å². The Bertz CT molecular complexity index is 546. The Morgan fingerprint density at radius 1 is 1.05 bits per heavy atom. The molecule has 20 heavy (non-hydrogen) atoms. The number of ketones is 1. The van der Waals surface area contributed by atoms with Crippen LogP contribution in [-0.4, -0.2) is 12.4 Å². The van der Waals surface area contributed by atoms with E-state index in [-0.39, 0.29) is 0 Å². The lowest BCUT2D eigenvalue weighted by atomic mass is 9.81. The van der Waals surface area contributed by atoms with E-state index in [1.807, 2.05) is 18.2 Å². The Morgan fingerprint density at radius 2 is 1.85 bits per heavy atom. The van der Waals surface area contributed by atoms with Crippen LogP contribution < -0.4 is 0 Å². The van der Waals surface area contributed by atoms with Gasteiger partial charge in [0.2, 0.25) is 0 Å². The van der Waals surface area contributed by atoms with Crippen molar-refractivity contribution in [1.29, 1.82) is 0 Å². The molecule has 1 aromatic carbocycles. The van der Waals surface area contributed by atoms with Crippen LogP contribution in [-0.2, 0) is 16.1 Å². The standard InChI is InChI=1S/C18H20O2/c19-18-15(11-20-10-12-4-2-1-3-5-12)9-16-13-6-7-14(8-13)17(16)18/h1-5,9,13-14,16-17H,6-8,10-11H2/t13-,14+,16+,17-/m0/s1. The average Bonchev–Trinajstić information content (AvgIpc) is 3.14. The lowest BCUT2D eigenvalue weighted by molar-refractivity contribution is -0.121. The van der Waals surface area contributed by atoms with E-state index >= 15 is 0 Å². The van der Waals surface area contributed by atoms with Crippen LogP contribution in [0.3, 0.4) is 0 Å². The molecular formula is C18H20O2. The summed E-state index contributed by atoms with van der Waals surface area (Å²) >= 11 is 0. The third-order valence-electron chi connectivity index (χ3n) is 5.36. The van der Waals surface area contributed by atoms with Crippen LogP contribution in [0.15, 0.2) is 42.0 Å². The number of carbonyl (C=O) groups excluding carboxylic acids is 1. The number of rotatable bonds is 4. The number of carbonyl (C=O) groups is 1. The van der Waals surface area contributed by atoms with E-state index in [0.29, 0.717) is 36.8 Å². The summed E-state index contributed by atoms with van der Waals surface area (Å²) in [4.78, 5) is 12.5. The molecule has 3 aliphatic rings. The SMILES string of the molecule is O=C1C(COCc2ccccc2)=C[C@@H]2[C@H]3CC[C@H](C3)[C@H]12. The zero-order chi connectivity index (χ0) is 13.5. The molecule has 4 atom stereocenters. The molecule has 1 aromatic rings. The van der Waals surface area contributed by atoms with Gasteiger partial charge < -0.3 is 4.74 Å². The van der Waals surface area contributed by atoms with Crippen molar-refractivity contribution < 1.29 is 9.53 Å². The largest absolute Gasteiger partial charge is 0.372 e. The van der Waals surface area contributed by atoms with Crippen LogP contribution in [0.1, 0.15) is 24.8 Å². The summed E-state index contributed by atoms with van der Waals surface area (Å²) in [5.41, 5.74) is 2.10. The van der Waals surface area contributed by atoms with Crippen LogP contribution >= 0.6 is 0 Å². The van der Waals surface area contributed by atoms with Crippen molar-refractivity contribution >= 4 is 5.78 Å². The van der Waals surface area contributed by atoms with Crippen LogP contribution in [0.25, 0.3) is 0 Å². The van der Waals surface area contributed by atoms with Gasteiger partial charge in [0.1, 0.15) is 0 Å². The Balaban J connectivity index is 1.38. The highest BCUT2D eigenvalue weighted by atomic mass is 16.5. The van der Waals surface area contributed by atoms with Crippen molar-refractivity contribution in [3.63, 3.8) is 0 Å². The van der Waals surface area contributed by atoms with Gasteiger partial charge >= 0.3 is 0 Å². The van der Waals surface area contributed by atoms with E-state index in [4.69, 9.17) is 4.74 Å². The number of hydrogen-bond acceptors (Lipinski definition) is 2. The minimum atomic E-state index is 0.309. The van der Waals surface area contributed by atoms with Gasteiger partial charge in [-0.25, -0.2) is 0 Å². The second kappa shape index (κ2) is 4.85. The molecule has 0 aliphatic heterocycles. The molecule has 4 rings (SSSR count). The van der Waals surface area contributed by atoms with E-state index < -0.39 is 0 Å². The van der Waals surface area contributed by atoms with Gasteiger partial charge in [-0.2, -0.15) is 0 Å². The van der Waals surface area contributed by atoms with Crippen molar-refractivity contribution in [2.45, 2.75) is 25.9 Å². The van der Waals surface area contributed by atoms with Crippen molar-refractivity contribution in [3.05, 3.63) is 47.5 Å². The number of ether oxygens (including phenoxy) is 1. The van der Waals surface area contributed by atoms with E-state index in [1.54, 1.807) is 0 Å². The monoisotopic (exact) mass is 268 g/mol. The predicted octanol–water partition coefficient (Wildman–Crippen LogP) is 3.37. The molecule has 0 unspecified atom stereocenters. The molecule has 0 heterocycles. The second-order valence-electron chi connectivity index (χ2n) is 6.47. The maximum atomic E-state index is 12.5. The highest BCUT2D eigenvalue weighted by Crippen LogP contribution is 2.56. The predicted molar refractivity (Wildman–Crippen MR) is 77.0 cm³/mol. The first-order chi connectivity index (χ1) is 9.83. The third-order valence-corrected chi connectivity index (χ3v) is 5.36. The van der Waals surface area contributed by atoms with Gasteiger partial charge in [-0.3, -0.25) is 4.79 Å². The first-order valence-corrected chi connectivity index (χ1v) is 7.69. The van der Waals surface area contributed by atoms with Gasteiger partial charge in [-0.1, -0.05) is 36.4 Å². The zero-order valence-electron chi connectivity index (χ0n) is 11.6. The van der Waals surface area contributed by atoms with Gasteiger partial charge in [0.25, 0.3) is 0 Å². The normalized spacial score (nSPS) is 34.4. The maximum absolute atomic E-state index is 12.5. The van der Waals surface area contributed by atoms with Crippen LogP contribution in [0.4, 0.5) is 0 Å². The fourth-order valence-electron chi connectivity index (χ4n) is 4.47. The number of Topliss-reactive ketones (excluding diaryl/α,β-unsaturated/α-hetero) is 1. The molecule has 2 heteroatoms. The number of allylic oxidation sites excluding steroid dienone is 1. The van der Waals surface area contributed by atoms with E-state index in [9.17, 15) is 4.79 Å². The quantitative estimate of drug-likeness (QED) is 0.837. The van der Waals surface area contributed by atoms with Crippen molar-refractivity contribution in [2.24, 2.45) is 23.7 Å². The van der Waals surface area contributed by atoms with E-state index in [2.05, 4.69) is 18.2 Å². The Hall–Kier alpha value is -1.41. The van der Waals surface area contributed by atoms with Crippen molar-refractivity contribution in [1.82, 2.24) is 0 Å². The van der Waals surface area contributed by atoms with Crippen LogP contribution in [0, 0.1) is 23.7 Å². The Morgan fingerprint density at radius 3 is 2.65 bits per heavy atom. The molecule has 0 radical (unpaired) electrons. The van der Waals surface area contributed by atoms with Crippen molar-refractivity contribution in [2.75, 3.05) is 6.61 Å². The molecule has 104 valence electrons. The van der Waals surface area contributed by atoms with Gasteiger partial charge in [0.15, 0.2) is 5.78 Å². The minimum absolute atomic E-state index is 0.309. The molecule has 2 nitrogen and oxygen atoms in total. The van der Waals surface area contributed by atoms with Gasteiger partial charge in [-0.15, -0.1) is 0 Å². The average molecular weight is 268 g/mol. The summed E-state index contributed by atoms with van der Waals surface area (Å²) in [5.74, 6) is 2.68. The summed E-state index contributed by atoms with van der Waals surface area (Å²) in [6, 6.07) is 10.1. The number of benzene rings is 1. The van der Waals surface area contributed by atoms with Gasteiger partial charge in [0, 0.05) is 11.5 Å². The van der Waals surface area contributed by atoms with Crippen LogP contribution in [0.2, 0.25) is 0 Å². The first kappa shape index (κ1) is 12.3. The Kier molecular flexibility index (Phi) is 2.99. The fourth-order valence-corrected chi connectivity index (χ4v) is 4.47. The molecule has 2 fully saturated rings. The summed E-state index contributed by atoms with van der Waals surface area (Å²) in [7, 11) is 0. The smallest absolute Gasteiger partial charge is 0.164 e. The molecule has 2 bridgehead atoms. The summed E-state index contributed by atoms with van der Waals surface area (Å²) in [6.07, 6.45) is 6.12.